The van der Waals surface area contributed by atoms with Crippen LogP contribution in [-0.2, 0) is 10.1 Å². The minimum atomic E-state index is -4.64. The number of aromatic carboxylic acids is 2. The minimum Gasteiger partial charge on any atom is -1.00 e. The number of hydrogen-bond donors (Lipinski definition) is 3. The third kappa shape index (κ3) is 4.10. The van der Waals surface area contributed by atoms with Gasteiger partial charge in [0, 0.05) is 0 Å². The van der Waals surface area contributed by atoms with E-state index < -0.39 is 38.1 Å². The molecule has 0 bridgehead atoms. The van der Waals surface area contributed by atoms with Crippen molar-refractivity contribution in [1.82, 2.24) is 0 Å². The van der Waals surface area contributed by atoms with E-state index in [1.165, 1.54) is 0 Å². The molecule has 0 saturated carbocycles. The molecule has 1 aromatic carbocycles. The van der Waals surface area contributed by atoms with Crippen LogP contribution in [0.5, 0.6) is 0 Å². The second kappa shape index (κ2) is 5.61. The first kappa shape index (κ1) is 16.1. The van der Waals surface area contributed by atoms with Crippen LogP contribution in [0.2, 0.25) is 0 Å². The van der Waals surface area contributed by atoms with Crippen molar-refractivity contribution in [2.24, 2.45) is 0 Å². The van der Waals surface area contributed by atoms with E-state index >= 15 is 0 Å². The van der Waals surface area contributed by atoms with Gasteiger partial charge in [-0.05, 0) is 18.2 Å². The van der Waals surface area contributed by atoms with E-state index in [2.05, 4.69) is 0 Å². The maximum atomic E-state index is 10.8. The summed E-state index contributed by atoms with van der Waals surface area (Å²) in [7, 11) is -4.64. The van der Waals surface area contributed by atoms with Crippen molar-refractivity contribution in [1.29, 1.82) is 0 Å². The molecule has 0 aliphatic rings. The molecule has 0 saturated heterocycles. The Hall–Kier alpha value is -0.930. The van der Waals surface area contributed by atoms with Gasteiger partial charge in [-0.2, -0.15) is 8.42 Å². The Morgan fingerprint density at radius 1 is 1.00 bits per heavy atom. The Kier molecular flexibility index (Phi) is 5.30. The Morgan fingerprint density at radius 2 is 1.35 bits per heavy atom. The molecular formula is C8H7NaO7S. The SMILES string of the molecule is O=C(O)c1cc(C(=O)O)cc(S(=O)(=O)O)c1.[H-].[Na+]. The third-order valence-electron chi connectivity index (χ3n) is 1.70. The molecular weight excluding hydrogens is 263 g/mol. The fourth-order valence-corrected chi connectivity index (χ4v) is 1.55. The maximum Gasteiger partial charge on any atom is 1.00 e. The first-order valence-corrected chi connectivity index (χ1v) is 5.25. The molecule has 1 aromatic rings. The second-order valence-corrected chi connectivity index (χ2v) is 4.25. The molecule has 0 aromatic heterocycles. The maximum absolute atomic E-state index is 10.8. The molecule has 7 nitrogen and oxygen atoms in total. The average Bonchev–Trinajstić information content (AvgIpc) is 2.15. The van der Waals surface area contributed by atoms with Crippen molar-refractivity contribution in [3.63, 3.8) is 0 Å². The van der Waals surface area contributed by atoms with E-state index in [0.717, 1.165) is 6.07 Å². The molecule has 0 heterocycles. The van der Waals surface area contributed by atoms with E-state index in [1.54, 1.807) is 0 Å². The first-order valence-electron chi connectivity index (χ1n) is 3.81. The molecule has 88 valence electrons. The van der Waals surface area contributed by atoms with Crippen LogP contribution in [0, 0.1) is 0 Å². The number of benzene rings is 1. The molecule has 0 unspecified atom stereocenters. The summed E-state index contributed by atoms with van der Waals surface area (Å²) in [5, 5.41) is 17.2. The van der Waals surface area contributed by atoms with Crippen LogP contribution in [-0.4, -0.2) is 35.1 Å². The summed E-state index contributed by atoms with van der Waals surface area (Å²) in [5.74, 6) is -2.99. The number of rotatable bonds is 3. The summed E-state index contributed by atoms with van der Waals surface area (Å²) in [5.41, 5.74) is -1.07. The summed E-state index contributed by atoms with van der Waals surface area (Å²) in [6.07, 6.45) is 0. The predicted octanol–water partition coefficient (Wildman–Crippen LogP) is -2.55. The second-order valence-electron chi connectivity index (χ2n) is 2.83. The smallest absolute Gasteiger partial charge is 1.00 e. The standard InChI is InChI=1S/C8H6O7S.Na.H/c9-7(10)4-1-5(8(11)12)3-6(2-4)16(13,14)15;;/h1-3H,(H,9,10)(H,11,12)(H,13,14,15);;/q;+1;-1. The molecule has 9 heteroatoms. The van der Waals surface area contributed by atoms with Crippen molar-refractivity contribution < 1.29 is 63.8 Å². The molecule has 1 rings (SSSR count). The summed E-state index contributed by atoms with van der Waals surface area (Å²) < 4.78 is 30.2. The zero-order valence-corrected chi connectivity index (χ0v) is 11.4. The van der Waals surface area contributed by atoms with Crippen LogP contribution >= 0.6 is 0 Å². The molecule has 0 amide bonds. The molecule has 0 atom stereocenters. The van der Waals surface area contributed by atoms with Crippen LogP contribution < -0.4 is 29.6 Å². The molecule has 3 N–H and O–H groups in total. The third-order valence-corrected chi connectivity index (χ3v) is 2.53. The normalized spacial score (nSPS) is 10.4. The van der Waals surface area contributed by atoms with E-state index in [4.69, 9.17) is 14.8 Å². The van der Waals surface area contributed by atoms with Crippen molar-refractivity contribution in [3.8, 4) is 0 Å². The van der Waals surface area contributed by atoms with E-state index in [0.29, 0.717) is 12.1 Å². The fraction of sp³-hybridized carbons (Fsp3) is 0. The van der Waals surface area contributed by atoms with Gasteiger partial charge in [-0.1, -0.05) is 0 Å². The summed E-state index contributed by atoms with van der Waals surface area (Å²) in [6, 6.07) is 2.13. The van der Waals surface area contributed by atoms with Crippen LogP contribution in [0.25, 0.3) is 0 Å². The Morgan fingerprint density at radius 3 is 1.59 bits per heavy atom. The average molecular weight is 270 g/mol. The predicted molar refractivity (Wildman–Crippen MR) is 51.3 cm³/mol. The molecule has 0 spiro atoms. The molecule has 0 aliphatic heterocycles. The van der Waals surface area contributed by atoms with E-state index in [9.17, 15) is 18.0 Å². The van der Waals surface area contributed by atoms with E-state index in [1.807, 2.05) is 0 Å². The number of carboxylic acid groups (broad SMARTS) is 2. The van der Waals surface area contributed by atoms with Crippen LogP contribution in [0.4, 0.5) is 0 Å². The van der Waals surface area contributed by atoms with Crippen molar-refractivity contribution >= 4 is 22.1 Å². The van der Waals surface area contributed by atoms with Gasteiger partial charge >= 0.3 is 41.5 Å². The fourth-order valence-electron chi connectivity index (χ4n) is 0.995. The monoisotopic (exact) mass is 270 g/mol. The van der Waals surface area contributed by atoms with E-state index in [-0.39, 0.29) is 31.0 Å². The van der Waals surface area contributed by atoms with Gasteiger partial charge < -0.3 is 11.6 Å². The van der Waals surface area contributed by atoms with Crippen molar-refractivity contribution in [3.05, 3.63) is 29.3 Å². The van der Waals surface area contributed by atoms with Gasteiger partial charge in [-0.15, -0.1) is 0 Å². The summed E-state index contributed by atoms with van der Waals surface area (Å²) in [6.45, 7) is 0. The quantitative estimate of drug-likeness (QED) is 0.407. The largest absolute Gasteiger partial charge is 1.00 e. The van der Waals surface area contributed by atoms with Crippen LogP contribution in [0.1, 0.15) is 22.1 Å². The van der Waals surface area contributed by atoms with Gasteiger partial charge in [-0.25, -0.2) is 9.59 Å². The van der Waals surface area contributed by atoms with Crippen LogP contribution in [0.15, 0.2) is 23.1 Å². The van der Waals surface area contributed by atoms with Gasteiger partial charge in [0.15, 0.2) is 0 Å². The summed E-state index contributed by atoms with van der Waals surface area (Å²) >= 11 is 0. The van der Waals surface area contributed by atoms with Gasteiger partial charge in [0.05, 0.1) is 16.0 Å². The molecule has 0 radical (unpaired) electrons. The molecule has 17 heavy (non-hydrogen) atoms. The van der Waals surface area contributed by atoms with Crippen molar-refractivity contribution in [2.75, 3.05) is 0 Å². The van der Waals surface area contributed by atoms with Gasteiger partial charge in [-0.3, -0.25) is 4.55 Å². The number of carbonyl (C=O) groups is 2. The Labute approximate surface area is 120 Å². The minimum absolute atomic E-state index is 0. The number of carboxylic acids is 2. The van der Waals surface area contributed by atoms with Crippen LogP contribution in [0.3, 0.4) is 0 Å². The Balaban J connectivity index is 0. The first-order chi connectivity index (χ1) is 7.21. The molecule has 0 fully saturated rings. The molecule has 0 aliphatic carbocycles. The van der Waals surface area contributed by atoms with Gasteiger partial charge in [0.25, 0.3) is 10.1 Å². The summed E-state index contributed by atoms with van der Waals surface area (Å²) in [4.78, 5) is 20.4. The number of hydrogen-bond acceptors (Lipinski definition) is 4. The van der Waals surface area contributed by atoms with Gasteiger partial charge in [0.2, 0.25) is 0 Å². The zero-order valence-electron chi connectivity index (χ0n) is 9.61. The van der Waals surface area contributed by atoms with Crippen molar-refractivity contribution in [2.45, 2.75) is 4.90 Å². The van der Waals surface area contributed by atoms with Gasteiger partial charge in [0.1, 0.15) is 0 Å². The topological polar surface area (TPSA) is 129 Å². The Bertz CT molecular complexity index is 537. The zero-order chi connectivity index (χ0) is 12.5.